The number of benzene rings is 1. The standard InChI is InChI=1S/C20H28N4O2/c1-6-16-7-9-17(10-8-16)14-24(11-12-26-5)19(25)18-13-21-20(23(3)4)22-15(18)2/h7-10,13H,6,11-12,14H2,1-5H3. The van der Waals surface area contributed by atoms with Crippen LogP contribution in [-0.2, 0) is 17.7 Å². The Labute approximate surface area is 155 Å². The molecule has 0 atom stereocenters. The van der Waals surface area contributed by atoms with Crippen LogP contribution in [0.3, 0.4) is 0 Å². The van der Waals surface area contributed by atoms with Gasteiger partial charge >= 0.3 is 0 Å². The zero-order chi connectivity index (χ0) is 19.1. The summed E-state index contributed by atoms with van der Waals surface area (Å²) < 4.78 is 5.18. The van der Waals surface area contributed by atoms with E-state index in [-0.39, 0.29) is 5.91 Å². The van der Waals surface area contributed by atoms with E-state index in [4.69, 9.17) is 4.74 Å². The second-order valence-electron chi connectivity index (χ2n) is 6.45. The first-order valence-electron chi connectivity index (χ1n) is 8.83. The van der Waals surface area contributed by atoms with Gasteiger partial charge in [0.25, 0.3) is 5.91 Å². The van der Waals surface area contributed by atoms with Crippen LogP contribution in [0.5, 0.6) is 0 Å². The number of rotatable bonds is 8. The number of carbonyl (C=O) groups excluding carboxylic acids is 1. The summed E-state index contributed by atoms with van der Waals surface area (Å²) in [5.41, 5.74) is 3.58. The molecule has 0 N–H and O–H groups in total. The zero-order valence-electron chi connectivity index (χ0n) is 16.3. The molecule has 1 amide bonds. The van der Waals surface area contributed by atoms with Crippen LogP contribution in [0, 0.1) is 6.92 Å². The molecule has 6 heteroatoms. The summed E-state index contributed by atoms with van der Waals surface area (Å²) in [4.78, 5) is 25.4. The Morgan fingerprint density at radius 3 is 2.35 bits per heavy atom. The van der Waals surface area contributed by atoms with E-state index in [1.807, 2.05) is 25.9 Å². The molecule has 2 aromatic rings. The maximum absolute atomic E-state index is 13.1. The van der Waals surface area contributed by atoms with Gasteiger partial charge in [-0.2, -0.15) is 0 Å². The average molecular weight is 356 g/mol. The summed E-state index contributed by atoms with van der Waals surface area (Å²) in [6, 6.07) is 8.36. The molecule has 1 aromatic carbocycles. The normalized spacial score (nSPS) is 10.7. The number of anilines is 1. The van der Waals surface area contributed by atoms with Crippen LogP contribution < -0.4 is 4.90 Å². The first kappa shape index (κ1) is 19.8. The third kappa shape index (κ3) is 5.02. The molecule has 1 aromatic heterocycles. The molecule has 0 bridgehead atoms. The summed E-state index contributed by atoms with van der Waals surface area (Å²) in [5.74, 6) is 0.516. The summed E-state index contributed by atoms with van der Waals surface area (Å²) in [7, 11) is 5.39. The second kappa shape index (κ2) is 9.29. The molecule has 140 valence electrons. The molecular formula is C20H28N4O2. The number of hydrogen-bond acceptors (Lipinski definition) is 5. The first-order chi connectivity index (χ1) is 12.5. The van der Waals surface area contributed by atoms with Crippen molar-refractivity contribution in [1.29, 1.82) is 0 Å². The number of ether oxygens (including phenoxy) is 1. The topological polar surface area (TPSA) is 58.6 Å². The lowest BCUT2D eigenvalue weighted by Crippen LogP contribution is -2.34. The third-order valence-electron chi connectivity index (χ3n) is 4.25. The molecule has 6 nitrogen and oxygen atoms in total. The molecule has 0 unspecified atom stereocenters. The van der Waals surface area contributed by atoms with E-state index in [9.17, 15) is 4.79 Å². The van der Waals surface area contributed by atoms with Crippen molar-refractivity contribution in [2.24, 2.45) is 0 Å². The number of carbonyl (C=O) groups is 1. The van der Waals surface area contributed by atoms with Gasteiger partial charge in [0.2, 0.25) is 5.95 Å². The molecule has 0 saturated carbocycles. The van der Waals surface area contributed by atoms with Crippen molar-refractivity contribution >= 4 is 11.9 Å². The largest absolute Gasteiger partial charge is 0.383 e. The van der Waals surface area contributed by atoms with Gasteiger partial charge in [-0.05, 0) is 24.5 Å². The fourth-order valence-electron chi connectivity index (χ4n) is 2.61. The zero-order valence-corrected chi connectivity index (χ0v) is 16.3. The summed E-state index contributed by atoms with van der Waals surface area (Å²) in [5, 5.41) is 0. The van der Waals surface area contributed by atoms with Gasteiger partial charge < -0.3 is 14.5 Å². The van der Waals surface area contributed by atoms with Crippen LogP contribution in [0.15, 0.2) is 30.5 Å². The Balaban J connectivity index is 2.23. The number of aromatic nitrogens is 2. The smallest absolute Gasteiger partial charge is 0.257 e. The Kier molecular flexibility index (Phi) is 7.09. The molecule has 0 aliphatic carbocycles. The van der Waals surface area contributed by atoms with Crippen LogP contribution in [0.1, 0.15) is 34.1 Å². The van der Waals surface area contributed by atoms with Crippen molar-refractivity contribution < 1.29 is 9.53 Å². The lowest BCUT2D eigenvalue weighted by molar-refractivity contribution is 0.0678. The number of amides is 1. The fraction of sp³-hybridized carbons (Fsp3) is 0.450. The molecular weight excluding hydrogens is 328 g/mol. The van der Waals surface area contributed by atoms with Crippen LogP contribution >= 0.6 is 0 Å². The van der Waals surface area contributed by atoms with E-state index in [2.05, 4.69) is 41.2 Å². The second-order valence-corrected chi connectivity index (χ2v) is 6.45. The number of hydrogen-bond donors (Lipinski definition) is 0. The third-order valence-corrected chi connectivity index (χ3v) is 4.25. The predicted octanol–water partition coefficient (Wildman–Crippen LogP) is 2.70. The summed E-state index contributed by atoms with van der Waals surface area (Å²) >= 11 is 0. The molecule has 0 radical (unpaired) electrons. The van der Waals surface area contributed by atoms with Crippen LogP contribution in [-0.4, -0.2) is 55.1 Å². The maximum Gasteiger partial charge on any atom is 0.257 e. The highest BCUT2D eigenvalue weighted by Gasteiger charge is 2.20. The van der Waals surface area contributed by atoms with Gasteiger partial charge in [0.15, 0.2) is 0 Å². The van der Waals surface area contributed by atoms with Crippen molar-refractivity contribution in [2.45, 2.75) is 26.8 Å². The molecule has 0 spiro atoms. The number of nitrogens with zero attached hydrogens (tertiary/aromatic N) is 4. The lowest BCUT2D eigenvalue weighted by Gasteiger charge is -2.23. The van der Waals surface area contributed by atoms with Gasteiger partial charge in [-0.3, -0.25) is 4.79 Å². The van der Waals surface area contributed by atoms with Crippen molar-refractivity contribution in [3.63, 3.8) is 0 Å². The van der Waals surface area contributed by atoms with E-state index < -0.39 is 0 Å². The van der Waals surface area contributed by atoms with Crippen molar-refractivity contribution in [3.05, 3.63) is 52.8 Å². The molecule has 2 rings (SSSR count). The van der Waals surface area contributed by atoms with Gasteiger partial charge in [-0.15, -0.1) is 0 Å². The number of methoxy groups -OCH3 is 1. The van der Waals surface area contributed by atoms with Crippen LogP contribution in [0.2, 0.25) is 0 Å². The minimum atomic E-state index is -0.0792. The highest BCUT2D eigenvalue weighted by Crippen LogP contribution is 2.15. The van der Waals surface area contributed by atoms with E-state index in [1.165, 1.54) is 5.56 Å². The highest BCUT2D eigenvalue weighted by atomic mass is 16.5. The van der Waals surface area contributed by atoms with Crippen molar-refractivity contribution in [3.8, 4) is 0 Å². The van der Waals surface area contributed by atoms with Gasteiger partial charge in [-0.1, -0.05) is 31.2 Å². The van der Waals surface area contributed by atoms with Gasteiger partial charge in [0.1, 0.15) is 0 Å². The minimum Gasteiger partial charge on any atom is -0.383 e. The summed E-state index contributed by atoms with van der Waals surface area (Å²) in [6.07, 6.45) is 2.61. The Morgan fingerprint density at radius 2 is 1.81 bits per heavy atom. The van der Waals surface area contributed by atoms with Crippen molar-refractivity contribution in [1.82, 2.24) is 14.9 Å². The average Bonchev–Trinajstić information content (AvgIpc) is 2.65. The SMILES string of the molecule is CCc1ccc(CN(CCOC)C(=O)c2cnc(N(C)C)nc2C)cc1. The predicted molar refractivity (Wildman–Crippen MR) is 104 cm³/mol. The monoisotopic (exact) mass is 356 g/mol. The Morgan fingerprint density at radius 1 is 1.15 bits per heavy atom. The van der Waals surface area contributed by atoms with Crippen LogP contribution in [0.4, 0.5) is 5.95 Å². The van der Waals surface area contributed by atoms with E-state index in [0.717, 1.165) is 12.0 Å². The van der Waals surface area contributed by atoms with E-state index >= 15 is 0 Å². The minimum absolute atomic E-state index is 0.0792. The lowest BCUT2D eigenvalue weighted by atomic mass is 10.1. The van der Waals surface area contributed by atoms with Crippen LogP contribution in [0.25, 0.3) is 0 Å². The molecule has 0 aliphatic heterocycles. The number of aryl methyl sites for hydroxylation is 2. The summed E-state index contributed by atoms with van der Waals surface area (Å²) in [6.45, 7) is 5.49. The molecule has 26 heavy (non-hydrogen) atoms. The first-order valence-corrected chi connectivity index (χ1v) is 8.83. The van der Waals surface area contributed by atoms with Gasteiger partial charge in [0, 0.05) is 40.5 Å². The maximum atomic E-state index is 13.1. The highest BCUT2D eigenvalue weighted by molar-refractivity contribution is 5.95. The molecule has 0 fully saturated rings. The molecule has 0 saturated heterocycles. The van der Waals surface area contributed by atoms with Gasteiger partial charge in [-0.25, -0.2) is 9.97 Å². The Bertz CT molecular complexity index is 729. The Hall–Kier alpha value is -2.47. The molecule has 0 aliphatic rings. The molecule has 1 heterocycles. The van der Waals surface area contributed by atoms with Gasteiger partial charge in [0.05, 0.1) is 17.9 Å². The van der Waals surface area contributed by atoms with Crippen molar-refractivity contribution in [2.75, 3.05) is 39.3 Å². The quantitative estimate of drug-likeness (QED) is 0.728. The van der Waals surface area contributed by atoms with E-state index in [1.54, 1.807) is 18.2 Å². The fourth-order valence-corrected chi connectivity index (χ4v) is 2.61. The van der Waals surface area contributed by atoms with E-state index in [0.29, 0.717) is 36.9 Å².